The smallest absolute Gasteiger partial charge is 0.252 e. The number of carbonyl (C=O) groups is 1. The second-order valence-electron chi connectivity index (χ2n) is 5.57. The van der Waals surface area contributed by atoms with Crippen LogP contribution in [0, 0.1) is 0 Å². The molecule has 0 unspecified atom stereocenters. The highest BCUT2D eigenvalue weighted by Gasteiger charge is 2.14. The van der Waals surface area contributed by atoms with E-state index in [1.165, 1.54) is 0 Å². The maximum Gasteiger partial charge on any atom is 0.252 e. The van der Waals surface area contributed by atoms with E-state index in [0.29, 0.717) is 5.56 Å². The van der Waals surface area contributed by atoms with Crippen molar-refractivity contribution in [3.63, 3.8) is 0 Å². The molecule has 3 nitrogen and oxygen atoms in total. The Morgan fingerprint density at radius 1 is 1.00 bits per heavy atom. The molecule has 0 saturated heterocycles. The lowest BCUT2D eigenvalue weighted by Crippen LogP contribution is -2.30. The maximum atomic E-state index is 12.5. The Morgan fingerprint density at radius 3 is 2.41 bits per heavy atom. The zero-order valence-corrected chi connectivity index (χ0v) is 12.7. The maximum absolute atomic E-state index is 12.5. The van der Waals surface area contributed by atoms with Gasteiger partial charge in [0.1, 0.15) is 0 Å². The van der Waals surface area contributed by atoms with Crippen LogP contribution < -0.4 is 5.32 Å². The van der Waals surface area contributed by atoms with E-state index in [1.54, 1.807) is 0 Å². The molecule has 1 aromatic heterocycles. The number of pyridine rings is 1. The first-order valence-corrected chi connectivity index (χ1v) is 7.41. The molecule has 0 atom stereocenters. The van der Waals surface area contributed by atoms with Crippen LogP contribution in [0.1, 0.15) is 24.2 Å². The van der Waals surface area contributed by atoms with Gasteiger partial charge in [-0.25, -0.2) is 4.98 Å². The van der Waals surface area contributed by atoms with Crippen LogP contribution in [-0.4, -0.2) is 16.9 Å². The van der Waals surface area contributed by atoms with Crippen molar-refractivity contribution in [2.24, 2.45) is 0 Å². The van der Waals surface area contributed by atoms with Crippen molar-refractivity contribution in [3.8, 4) is 11.3 Å². The SMILES string of the molecule is CC(C)NC(=O)c1cc(-c2ccccc2)nc2ccccc12. The summed E-state index contributed by atoms with van der Waals surface area (Å²) in [6.45, 7) is 3.92. The average molecular weight is 290 g/mol. The lowest BCUT2D eigenvalue weighted by atomic mass is 10.0. The Bertz CT molecular complexity index is 810. The van der Waals surface area contributed by atoms with Gasteiger partial charge in [0, 0.05) is 17.0 Å². The Hall–Kier alpha value is -2.68. The minimum atomic E-state index is -0.0641. The number of fused-ring (bicyclic) bond motifs is 1. The van der Waals surface area contributed by atoms with E-state index in [1.807, 2.05) is 74.5 Å². The molecule has 110 valence electrons. The lowest BCUT2D eigenvalue weighted by Gasteiger charge is -2.12. The van der Waals surface area contributed by atoms with Crippen LogP contribution in [0.4, 0.5) is 0 Å². The topological polar surface area (TPSA) is 42.0 Å². The number of para-hydroxylation sites is 1. The molecule has 22 heavy (non-hydrogen) atoms. The third-order valence-corrected chi connectivity index (χ3v) is 3.45. The minimum Gasteiger partial charge on any atom is -0.350 e. The average Bonchev–Trinajstić information content (AvgIpc) is 2.54. The summed E-state index contributed by atoms with van der Waals surface area (Å²) >= 11 is 0. The van der Waals surface area contributed by atoms with Gasteiger partial charge in [0.2, 0.25) is 0 Å². The molecule has 0 spiro atoms. The normalized spacial score (nSPS) is 10.9. The van der Waals surface area contributed by atoms with Gasteiger partial charge in [0.05, 0.1) is 16.8 Å². The Labute approximate surface area is 130 Å². The van der Waals surface area contributed by atoms with Crippen LogP contribution in [0.3, 0.4) is 0 Å². The Balaban J connectivity index is 2.19. The van der Waals surface area contributed by atoms with E-state index in [-0.39, 0.29) is 11.9 Å². The fraction of sp³-hybridized carbons (Fsp3) is 0.158. The van der Waals surface area contributed by atoms with Crippen LogP contribution in [-0.2, 0) is 0 Å². The molecular weight excluding hydrogens is 272 g/mol. The largest absolute Gasteiger partial charge is 0.350 e. The van der Waals surface area contributed by atoms with Crippen molar-refractivity contribution >= 4 is 16.8 Å². The number of nitrogens with zero attached hydrogens (tertiary/aromatic N) is 1. The summed E-state index contributed by atoms with van der Waals surface area (Å²) in [7, 11) is 0. The van der Waals surface area contributed by atoms with E-state index in [0.717, 1.165) is 22.2 Å². The summed E-state index contributed by atoms with van der Waals surface area (Å²) in [5.74, 6) is -0.0641. The molecule has 3 rings (SSSR count). The van der Waals surface area contributed by atoms with Crippen molar-refractivity contribution in [1.29, 1.82) is 0 Å². The summed E-state index contributed by atoms with van der Waals surface area (Å²) in [5.41, 5.74) is 3.32. The predicted octanol–water partition coefficient (Wildman–Crippen LogP) is 4.04. The second-order valence-corrected chi connectivity index (χ2v) is 5.57. The number of carbonyl (C=O) groups excluding carboxylic acids is 1. The standard InChI is InChI=1S/C19H18N2O/c1-13(2)20-19(22)16-12-18(14-8-4-3-5-9-14)21-17-11-7-6-10-15(16)17/h3-13H,1-2H3,(H,20,22). The molecule has 0 bridgehead atoms. The number of amides is 1. The molecule has 0 aliphatic carbocycles. The minimum absolute atomic E-state index is 0.0641. The van der Waals surface area contributed by atoms with Gasteiger partial charge in [-0.1, -0.05) is 48.5 Å². The zero-order valence-electron chi connectivity index (χ0n) is 12.7. The van der Waals surface area contributed by atoms with Gasteiger partial charge in [-0.15, -0.1) is 0 Å². The number of benzene rings is 2. The second kappa shape index (κ2) is 5.98. The molecule has 0 aliphatic rings. The van der Waals surface area contributed by atoms with Gasteiger partial charge in [0.15, 0.2) is 0 Å². The number of hydrogen-bond acceptors (Lipinski definition) is 2. The summed E-state index contributed by atoms with van der Waals surface area (Å²) in [4.78, 5) is 17.2. The van der Waals surface area contributed by atoms with E-state index < -0.39 is 0 Å². The third kappa shape index (κ3) is 2.84. The van der Waals surface area contributed by atoms with Crippen molar-refractivity contribution in [1.82, 2.24) is 10.3 Å². The number of aromatic nitrogens is 1. The first-order chi connectivity index (χ1) is 10.6. The summed E-state index contributed by atoms with van der Waals surface area (Å²) < 4.78 is 0. The van der Waals surface area contributed by atoms with Crippen LogP contribution >= 0.6 is 0 Å². The molecule has 1 amide bonds. The monoisotopic (exact) mass is 290 g/mol. The molecule has 0 saturated carbocycles. The molecule has 2 aromatic carbocycles. The lowest BCUT2D eigenvalue weighted by molar-refractivity contribution is 0.0945. The fourth-order valence-electron chi connectivity index (χ4n) is 2.46. The van der Waals surface area contributed by atoms with Crippen LogP contribution in [0.25, 0.3) is 22.2 Å². The van der Waals surface area contributed by atoms with E-state index in [4.69, 9.17) is 0 Å². The van der Waals surface area contributed by atoms with Crippen molar-refractivity contribution in [3.05, 3.63) is 66.2 Å². The van der Waals surface area contributed by atoms with Gasteiger partial charge < -0.3 is 5.32 Å². The van der Waals surface area contributed by atoms with Crippen LogP contribution in [0.2, 0.25) is 0 Å². The van der Waals surface area contributed by atoms with Gasteiger partial charge in [-0.05, 0) is 26.0 Å². The highest BCUT2D eigenvalue weighted by atomic mass is 16.1. The van der Waals surface area contributed by atoms with Crippen LogP contribution in [0.5, 0.6) is 0 Å². The van der Waals surface area contributed by atoms with Gasteiger partial charge in [-0.2, -0.15) is 0 Å². The third-order valence-electron chi connectivity index (χ3n) is 3.45. The number of hydrogen-bond donors (Lipinski definition) is 1. The quantitative estimate of drug-likeness (QED) is 0.791. The molecule has 1 N–H and O–H groups in total. The van der Waals surface area contributed by atoms with Crippen molar-refractivity contribution in [2.75, 3.05) is 0 Å². The van der Waals surface area contributed by atoms with Crippen LogP contribution in [0.15, 0.2) is 60.7 Å². The Kier molecular flexibility index (Phi) is 3.88. The fourth-order valence-corrected chi connectivity index (χ4v) is 2.46. The van der Waals surface area contributed by atoms with Gasteiger partial charge in [0.25, 0.3) is 5.91 Å². The van der Waals surface area contributed by atoms with Crippen molar-refractivity contribution < 1.29 is 4.79 Å². The number of nitrogens with one attached hydrogen (secondary N) is 1. The first-order valence-electron chi connectivity index (χ1n) is 7.41. The molecular formula is C19H18N2O. The highest BCUT2D eigenvalue weighted by molar-refractivity contribution is 6.07. The molecule has 3 heteroatoms. The van der Waals surface area contributed by atoms with E-state index in [2.05, 4.69) is 10.3 Å². The summed E-state index contributed by atoms with van der Waals surface area (Å²) in [5, 5.41) is 3.84. The van der Waals surface area contributed by atoms with Crippen molar-refractivity contribution in [2.45, 2.75) is 19.9 Å². The summed E-state index contributed by atoms with van der Waals surface area (Å²) in [6.07, 6.45) is 0. The van der Waals surface area contributed by atoms with E-state index in [9.17, 15) is 4.79 Å². The predicted molar refractivity (Wildman–Crippen MR) is 89.8 cm³/mol. The first kappa shape index (κ1) is 14.3. The molecule has 0 radical (unpaired) electrons. The number of rotatable bonds is 3. The van der Waals surface area contributed by atoms with Gasteiger partial charge in [-0.3, -0.25) is 4.79 Å². The van der Waals surface area contributed by atoms with Gasteiger partial charge >= 0.3 is 0 Å². The summed E-state index contributed by atoms with van der Waals surface area (Å²) in [6, 6.07) is 19.6. The highest BCUT2D eigenvalue weighted by Crippen LogP contribution is 2.24. The zero-order chi connectivity index (χ0) is 15.5. The molecule has 3 aromatic rings. The Morgan fingerprint density at radius 2 is 1.68 bits per heavy atom. The molecule has 0 fully saturated rings. The molecule has 1 heterocycles. The van der Waals surface area contributed by atoms with E-state index >= 15 is 0 Å². The molecule has 0 aliphatic heterocycles.